The number of aliphatic hydroxyl groups excluding tert-OH is 1. The molecule has 0 aliphatic carbocycles. The summed E-state index contributed by atoms with van der Waals surface area (Å²) in [7, 11) is 0. The van der Waals surface area contributed by atoms with E-state index in [9.17, 15) is 0 Å². The fourth-order valence-corrected chi connectivity index (χ4v) is 1.55. The molecule has 0 spiro atoms. The van der Waals surface area contributed by atoms with Gasteiger partial charge in [0.25, 0.3) is 0 Å². The lowest BCUT2D eigenvalue weighted by Gasteiger charge is -2.08. The number of pyridine rings is 1. The molecular formula is C14H12N2O2. The second kappa shape index (κ2) is 5.30. The first-order valence-corrected chi connectivity index (χ1v) is 5.47. The lowest BCUT2D eigenvalue weighted by Crippen LogP contribution is -1.94. The van der Waals surface area contributed by atoms with Crippen molar-refractivity contribution < 1.29 is 9.84 Å². The molecular weight excluding hydrogens is 228 g/mol. The highest BCUT2D eigenvalue weighted by Crippen LogP contribution is 2.23. The third-order valence-electron chi connectivity index (χ3n) is 2.45. The van der Waals surface area contributed by atoms with Crippen LogP contribution in [0.25, 0.3) is 0 Å². The molecule has 0 radical (unpaired) electrons. The van der Waals surface area contributed by atoms with Gasteiger partial charge in [-0.3, -0.25) is 0 Å². The smallest absolute Gasteiger partial charge is 0.222 e. The zero-order chi connectivity index (χ0) is 13.0. The van der Waals surface area contributed by atoms with Crippen LogP contribution in [0.4, 0.5) is 0 Å². The van der Waals surface area contributed by atoms with E-state index in [1.165, 1.54) is 0 Å². The molecule has 0 saturated heterocycles. The summed E-state index contributed by atoms with van der Waals surface area (Å²) >= 11 is 0. The van der Waals surface area contributed by atoms with Gasteiger partial charge in [0.2, 0.25) is 5.88 Å². The highest BCUT2D eigenvalue weighted by molar-refractivity contribution is 5.39. The van der Waals surface area contributed by atoms with Gasteiger partial charge in [0.15, 0.2) is 0 Å². The quantitative estimate of drug-likeness (QED) is 0.895. The first-order chi connectivity index (χ1) is 8.72. The summed E-state index contributed by atoms with van der Waals surface area (Å²) in [4.78, 5) is 4.13. The van der Waals surface area contributed by atoms with Crippen LogP contribution in [0.2, 0.25) is 0 Å². The van der Waals surface area contributed by atoms with Crippen LogP contribution in [0.3, 0.4) is 0 Å². The Morgan fingerprint density at radius 1 is 1.39 bits per heavy atom. The van der Waals surface area contributed by atoms with E-state index in [1.807, 2.05) is 13.0 Å². The van der Waals surface area contributed by atoms with Crippen LogP contribution < -0.4 is 4.74 Å². The van der Waals surface area contributed by atoms with Crippen molar-refractivity contribution in [2.45, 2.75) is 13.5 Å². The van der Waals surface area contributed by atoms with Crippen LogP contribution in [0.1, 0.15) is 16.7 Å². The van der Waals surface area contributed by atoms with E-state index in [0.29, 0.717) is 17.2 Å². The lowest BCUT2D eigenvalue weighted by atomic mass is 10.2. The van der Waals surface area contributed by atoms with Gasteiger partial charge in [0.1, 0.15) is 5.75 Å². The second-order valence-corrected chi connectivity index (χ2v) is 3.87. The van der Waals surface area contributed by atoms with E-state index in [0.717, 1.165) is 11.1 Å². The molecule has 2 aromatic rings. The SMILES string of the molecule is Cc1cc(CO)cnc1Oc1cccc(C#N)c1. The number of hydrogen-bond donors (Lipinski definition) is 1. The Bertz CT molecular complexity index is 603. The predicted octanol–water partition coefficient (Wildman–Crippen LogP) is 2.55. The van der Waals surface area contributed by atoms with Crippen LogP contribution in [0.15, 0.2) is 36.5 Å². The van der Waals surface area contributed by atoms with Crippen LogP contribution in [0.5, 0.6) is 11.6 Å². The number of aromatic nitrogens is 1. The zero-order valence-corrected chi connectivity index (χ0v) is 9.92. The summed E-state index contributed by atoms with van der Waals surface area (Å²) in [6, 6.07) is 10.8. The molecule has 1 heterocycles. The first kappa shape index (κ1) is 12.1. The Morgan fingerprint density at radius 2 is 2.22 bits per heavy atom. The number of aryl methyl sites for hydroxylation is 1. The van der Waals surface area contributed by atoms with Crippen molar-refractivity contribution in [3.05, 3.63) is 53.2 Å². The maximum atomic E-state index is 8.99. The van der Waals surface area contributed by atoms with Gasteiger partial charge >= 0.3 is 0 Å². The van der Waals surface area contributed by atoms with Gasteiger partial charge in [0.05, 0.1) is 18.2 Å². The number of aliphatic hydroxyl groups is 1. The first-order valence-electron chi connectivity index (χ1n) is 5.47. The number of benzene rings is 1. The minimum absolute atomic E-state index is 0.0436. The molecule has 0 unspecified atom stereocenters. The minimum Gasteiger partial charge on any atom is -0.439 e. The summed E-state index contributed by atoms with van der Waals surface area (Å²) in [6.45, 7) is 1.81. The molecule has 0 aliphatic rings. The lowest BCUT2D eigenvalue weighted by molar-refractivity contribution is 0.281. The summed E-state index contributed by atoms with van der Waals surface area (Å²) < 4.78 is 5.61. The number of hydrogen-bond acceptors (Lipinski definition) is 4. The van der Waals surface area contributed by atoms with Crippen LogP contribution in [0, 0.1) is 18.3 Å². The standard InChI is InChI=1S/C14H12N2O2/c1-10-5-12(9-17)8-16-14(10)18-13-4-2-3-11(6-13)7-15/h2-6,8,17H,9H2,1H3. The Morgan fingerprint density at radius 3 is 2.89 bits per heavy atom. The van der Waals surface area contributed by atoms with Crippen molar-refractivity contribution in [3.63, 3.8) is 0 Å². The third-order valence-corrected chi connectivity index (χ3v) is 2.45. The average molecular weight is 240 g/mol. The molecule has 4 nitrogen and oxygen atoms in total. The Labute approximate surface area is 105 Å². The maximum Gasteiger partial charge on any atom is 0.222 e. The van der Waals surface area contributed by atoms with Crippen molar-refractivity contribution in [2.24, 2.45) is 0 Å². The van der Waals surface area contributed by atoms with Gasteiger partial charge in [-0.25, -0.2) is 4.98 Å². The fraction of sp³-hybridized carbons (Fsp3) is 0.143. The van der Waals surface area contributed by atoms with E-state index < -0.39 is 0 Å². The largest absolute Gasteiger partial charge is 0.439 e. The highest BCUT2D eigenvalue weighted by atomic mass is 16.5. The minimum atomic E-state index is -0.0436. The molecule has 1 aromatic heterocycles. The Hall–Kier alpha value is -2.38. The van der Waals surface area contributed by atoms with Gasteiger partial charge in [-0.05, 0) is 36.8 Å². The van der Waals surface area contributed by atoms with Crippen molar-refractivity contribution in [3.8, 4) is 17.7 Å². The Kier molecular flexibility index (Phi) is 3.56. The van der Waals surface area contributed by atoms with Gasteiger partial charge in [0, 0.05) is 11.8 Å². The average Bonchev–Trinajstić information content (AvgIpc) is 2.41. The van der Waals surface area contributed by atoms with E-state index in [-0.39, 0.29) is 6.61 Å². The molecule has 0 aliphatic heterocycles. The second-order valence-electron chi connectivity index (χ2n) is 3.87. The molecule has 1 N–H and O–H groups in total. The molecule has 0 saturated carbocycles. The molecule has 90 valence electrons. The molecule has 0 amide bonds. The fourth-order valence-electron chi connectivity index (χ4n) is 1.55. The van der Waals surface area contributed by atoms with E-state index in [1.54, 1.807) is 30.5 Å². The number of nitrogens with zero attached hydrogens (tertiary/aromatic N) is 2. The molecule has 0 fully saturated rings. The zero-order valence-electron chi connectivity index (χ0n) is 9.92. The van der Waals surface area contributed by atoms with Crippen LogP contribution in [-0.4, -0.2) is 10.1 Å². The van der Waals surface area contributed by atoms with Gasteiger partial charge < -0.3 is 9.84 Å². The highest BCUT2D eigenvalue weighted by Gasteiger charge is 2.05. The molecule has 18 heavy (non-hydrogen) atoms. The summed E-state index contributed by atoms with van der Waals surface area (Å²) in [6.07, 6.45) is 1.57. The van der Waals surface area contributed by atoms with E-state index in [4.69, 9.17) is 15.1 Å². The van der Waals surface area contributed by atoms with Crippen LogP contribution >= 0.6 is 0 Å². The van der Waals surface area contributed by atoms with Crippen molar-refractivity contribution >= 4 is 0 Å². The molecule has 0 atom stereocenters. The van der Waals surface area contributed by atoms with Gasteiger partial charge in [-0.2, -0.15) is 5.26 Å². The van der Waals surface area contributed by atoms with Crippen LogP contribution in [-0.2, 0) is 6.61 Å². The van der Waals surface area contributed by atoms with Gasteiger partial charge in [-0.1, -0.05) is 6.07 Å². The maximum absolute atomic E-state index is 8.99. The molecule has 0 bridgehead atoms. The summed E-state index contributed by atoms with van der Waals surface area (Å²) in [5, 5.41) is 17.8. The van der Waals surface area contributed by atoms with Crippen molar-refractivity contribution in [2.75, 3.05) is 0 Å². The molecule has 1 aromatic carbocycles. The summed E-state index contributed by atoms with van der Waals surface area (Å²) in [5.41, 5.74) is 2.12. The third kappa shape index (κ3) is 2.65. The number of nitriles is 1. The topological polar surface area (TPSA) is 66.1 Å². The number of ether oxygens (including phenoxy) is 1. The predicted molar refractivity (Wildman–Crippen MR) is 66.1 cm³/mol. The normalized spacial score (nSPS) is 9.83. The molecule has 2 rings (SSSR count). The van der Waals surface area contributed by atoms with E-state index >= 15 is 0 Å². The molecule has 4 heteroatoms. The van der Waals surface area contributed by atoms with Crippen molar-refractivity contribution in [1.29, 1.82) is 5.26 Å². The van der Waals surface area contributed by atoms with Gasteiger partial charge in [-0.15, -0.1) is 0 Å². The monoisotopic (exact) mass is 240 g/mol. The van der Waals surface area contributed by atoms with Crippen molar-refractivity contribution in [1.82, 2.24) is 4.98 Å². The Balaban J connectivity index is 2.26. The van der Waals surface area contributed by atoms with E-state index in [2.05, 4.69) is 11.1 Å². The summed E-state index contributed by atoms with van der Waals surface area (Å²) in [5.74, 6) is 1.05. The number of rotatable bonds is 3.